The number of nitrogens with zero attached hydrogens (tertiary/aromatic N) is 3. The molecule has 36 heavy (non-hydrogen) atoms. The van der Waals surface area contributed by atoms with E-state index < -0.39 is 5.97 Å². The first-order chi connectivity index (χ1) is 17.4. The molecule has 0 amide bonds. The molecule has 7 heteroatoms. The number of aliphatic carboxylic acids is 1. The van der Waals surface area contributed by atoms with E-state index in [1.807, 2.05) is 22.9 Å². The lowest BCUT2D eigenvalue weighted by molar-refractivity contribution is -0.136. The maximum atomic E-state index is 11.3. The summed E-state index contributed by atoms with van der Waals surface area (Å²) in [6.45, 7) is 5.33. The Bertz CT molecular complexity index is 1570. The molecule has 5 aromatic rings. The summed E-state index contributed by atoms with van der Waals surface area (Å²) in [6, 6.07) is 21.7. The SMILES string of the molecule is CC(C)Cn1nc(COc2ccccc2CC(=O)O)c2cc(-c3ccc4ccnc(N)c4c3)ccc21. The molecule has 182 valence electrons. The van der Waals surface area contributed by atoms with Crippen molar-refractivity contribution < 1.29 is 14.6 Å². The highest BCUT2D eigenvalue weighted by Gasteiger charge is 2.15. The maximum absolute atomic E-state index is 11.3. The van der Waals surface area contributed by atoms with Gasteiger partial charge in [0.15, 0.2) is 0 Å². The van der Waals surface area contributed by atoms with Gasteiger partial charge in [0, 0.05) is 29.1 Å². The number of aromatic nitrogens is 3. The van der Waals surface area contributed by atoms with Crippen molar-refractivity contribution in [1.82, 2.24) is 14.8 Å². The van der Waals surface area contributed by atoms with E-state index in [9.17, 15) is 9.90 Å². The van der Waals surface area contributed by atoms with E-state index in [1.54, 1.807) is 18.3 Å². The minimum atomic E-state index is -0.895. The summed E-state index contributed by atoms with van der Waals surface area (Å²) in [5, 5.41) is 17.1. The zero-order valence-electron chi connectivity index (χ0n) is 20.3. The van der Waals surface area contributed by atoms with E-state index in [-0.39, 0.29) is 13.0 Å². The molecule has 3 N–H and O–H groups in total. The Labute approximate surface area is 209 Å². The van der Waals surface area contributed by atoms with Gasteiger partial charge in [-0.3, -0.25) is 9.48 Å². The highest BCUT2D eigenvalue weighted by molar-refractivity contribution is 5.95. The van der Waals surface area contributed by atoms with Gasteiger partial charge in [-0.15, -0.1) is 0 Å². The van der Waals surface area contributed by atoms with Gasteiger partial charge in [0.05, 0.1) is 11.9 Å². The van der Waals surface area contributed by atoms with Crippen LogP contribution in [0.2, 0.25) is 0 Å². The van der Waals surface area contributed by atoms with Crippen LogP contribution in [0.15, 0.2) is 72.9 Å². The molecule has 0 saturated heterocycles. The minimum Gasteiger partial charge on any atom is -0.487 e. The molecule has 0 spiro atoms. The number of benzene rings is 3. The summed E-state index contributed by atoms with van der Waals surface area (Å²) in [7, 11) is 0. The zero-order valence-corrected chi connectivity index (χ0v) is 20.3. The smallest absolute Gasteiger partial charge is 0.307 e. The topological polar surface area (TPSA) is 103 Å². The van der Waals surface area contributed by atoms with E-state index >= 15 is 0 Å². The average molecular weight is 481 g/mol. The minimum absolute atomic E-state index is 0.0944. The molecule has 0 aliphatic carbocycles. The molecular weight excluding hydrogens is 452 g/mol. The van der Waals surface area contributed by atoms with Crippen LogP contribution < -0.4 is 10.5 Å². The Balaban J connectivity index is 1.54. The van der Waals surface area contributed by atoms with Crippen LogP contribution in [-0.4, -0.2) is 25.8 Å². The Morgan fingerprint density at radius 2 is 1.78 bits per heavy atom. The number of ether oxygens (including phenoxy) is 1. The third-order valence-corrected chi connectivity index (χ3v) is 6.17. The first kappa shape index (κ1) is 23.4. The average Bonchev–Trinajstić information content (AvgIpc) is 3.19. The molecule has 0 atom stereocenters. The Kier molecular flexibility index (Phi) is 6.29. The Morgan fingerprint density at radius 3 is 2.56 bits per heavy atom. The second-order valence-corrected chi connectivity index (χ2v) is 9.35. The molecule has 0 unspecified atom stereocenters. The number of carboxylic acid groups (broad SMARTS) is 1. The number of para-hydroxylation sites is 1. The molecule has 5 rings (SSSR count). The highest BCUT2D eigenvalue weighted by atomic mass is 16.5. The van der Waals surface area contributed by atoms with Crippen molar-refractivity contribution in [2.75, 3.05) is 5.73 Å². The van der Waals surface area contributed by atoms with Crippen molar-refractivity contribution in [3.05, 3.63) is 84.2 Å². The number of nitrogen functional groups attached to an aromatic ring is 1. The molecule has 7 nitrogen and oxygen atoms in total. The largest absolute Gasteiger partial charge is 0.487 e. The van der Waals surface area contributed by atoms with E-state index in [0.717, 1.165) is 45.0 Å². The van der Waals surface area contributed by atoms with Gasteiger partial charge in [-0.05, 0) is 52.8 Å². The molecule has 0 radical (unpaired) electrons. The normalized spacial score (nSPS) is 11.4. The number of hydrogen-bond donors (Lipinski definition) is 2. The molecule has 0 bridgehead atoms. The Morgan fingerprint density at radius 1 is 1.03 bits per heavy atom. The summed E-state index contributed by atoms with van der Waals surface area (Å²) < 4.78 is 8.13. The summed E-state index contributed by atoms with van der Waals surface area (Å²) in [6.07, 6.45) is 1.62. The first-order valence-electron chi connectivity index (χ1n) is 12.0. The predicted molar refractivity (Wildman–Crippen MR) is 142 cm³/mol. The number of fused-ring (bicyclic) bond motifs is 2. The van der Waals surface area contributed by atoms with E-state index in [2.05, 4.69) is 55.2 Å². The number of rotatable bonds is 8. The van der Waals surface area contributed by atoms with Crippen molar-refractivity contribution in [2.24, 2.45) is 5.92 Å². The van der Waals surface area contributed by atoms with Gasteiger partial charge in [0.2, 0.25) is 0 Å². The molecule has 3 aromatic carbocycles. The van der Waals surface area contributed by atoms with Crippen molar-refractivity contribution >= 4 is 33.5 Å². The fraction of sp³-hybridized carbons (Fsp3) is 0.207. The van der Waals surface area contributed by atoms with Crippen molar-refractivity contribution in [2.45, 2.75) is 33.4 Å². The third-order valence-electron chi connectivity index (χ3n) is 6.17. The number of pyridine rings is 1. The van der Waals surface area contributed by atoms with Crippen LogP contribution in [0.5, 0.6) is 5.75 Å². The van der Waals surface area contributed by atoms with E-state index in [1.165, 1.54) is 0 Å². The van der Waals surface area contributed by atoms with Gasteiger partial charge in [-0.1, -0.05) is 50.2 Å². The van der Waals surface area contributed by atoms with Crippen LogP contribution in [0.4, 0.5) is 5.82 Å². The fourth-order valence-corrected chi connectivity index (χ4v) is 4.49. The summed E-state index contributed by atoms with van der Waals surface area (Å²) in [4.78, 5) is 15.5. The van der Waals surface area contributed by atoms with Gasteiger partial charge < -0.3 is 15.6 Å². The lowest BCUT2D eigenvalue weighted by Gasteiger charge is -2.09. The van der Waals surface area contributed by atoms with Crippen molar-refractivity contribution in [3.8, 4) is 16.9 Å². The number of nitrogens with two attached hydrogens (primary N) is 1. The van der Waals surface area contributed by atoms with Crippen molar-refractivity contribution in [3.63, 3.8) is 0 Å². The van der Waals surface area contributed by atoms with Gasteiger partial charge in [0.1, 0.15) is 23.9 Å². The lowest BCUT2D eigenvalue weighted by atomic mass is 10.00. The molecule has 0 fully saturated rings. The van der Waals surface area contributed by atoms with Gasteiger partial charge in [0.25, 0.3) is 0 Å². The standard InChI is InChI=1S/C29H28N4O3/c1-18(2)16-33-26-10-9-21(20-8-7-19-11-12-31-29(30)23(19)13-20)14-24(26)25(32-33)17-36-27-6-4-3-5-22(27)15-28(34)35/h3-14,18H,15-17H2,1-2H3,(H2,30,31)(H,34,35). The van der Waals surface area contributed by atoms with Crippen LogP contribution in [0.3, 0.4) is 0 Å². The number of hydrogen-bond acceptors (Lipinski definition) is 5. The number of carbonyl (C=O) groups is 1. The number of carboxylic acids is 1. The predicted octanol–water partition coefficient (Wildman–Crippen LogP) is 5.70. The second-order valence-electron chi connectivity index (χ2n) is 9.35. The number of anilines is 1. The molecule has 0 aliphatic heterocycles. The van der Waals surface area contributed by atoms with Crippen LogP contribution in [0.25, 0.3) is 32.8 Å². The van der Waals surface area contributed by atoms with Gasteiger partial charge in [-0.25, -0.2) is 4.98 Å². The zero-order chi connectivity index (χ0) is 25.2. The third kappa shape index (κ3) is 4.73. The fourth-order valence-electron chi connectivity index (χ4n) is 4.49. The first-order valence-corrected chi connectivity index (χ1v) is 12.0. The van der Waals surface area contributed by atoms with Crippen molar-refractivity contribution in [1.29, 1.82) is 0 Å². The van der Waals surface area contributed by atoms with E-state index in [0.29, 0.717) is 23.0 Å². The highest BCUT2D eigenvalue weighted by Crippen LogP contribution is 2.31. The maximum Gasteiger partial charge on any atom is 0.307 e. The Hall–Kier alpha value is -4.39. The molecule has 2 heterocycles. The molecule has 0 aliphatic rings. The molecule has 0 saturated carbocycles. The van der Waals surface area contributed by atoms with Gasteiger partial charge in [-0.2, -0.15) is 5.10 Å². The lowest BCUT2D eigenvalue weighted by Crippen LogP contribution is -2.07. The monoisotopic (exact) mass is 480 g/mol. The van der Waals surface area contributed by atoms with Crippen LogP contribution >= 0.6 is 0 Å². The van der Waals surface area contributed by atoms with Crippen LogP contribution in [0, 0.1) is 5.92 Å². The van der Waals surface area contributed by atoms with Gasteiger partial charge >= 0.3 is 5.97 Å². The molecule has 2 aromatic heterocycles. The van der Waals surface area contributed by atoms with Crippen LogP contribution in [0.1, 0.15) is 25.1 Å². The quantitative estimate of drug-likeness (QED) is 0.295. The molecular formula is C29H28N4O3. The summed E-state index contributed by atoms with van der Waals surface area (Å²) in [5.74, 6) is 0.594. The van der Waals surface area contributed by atoms with E-state index in [4.69, 9.17) is 15.6 Å². The van der Waals surface area contributed by atoms with Crippen LogP contribution in [-0.2, 0) is 24.4 Å². The summed E-state index contributed by atoms with van der Waals surface area (Å²) >= 11 is 0. The second kappa shape index (κ2) is 9.70. The summed E-state index contributed by atoms with van der Waals surface area (Å²) in [5.41, 5.74) is 10.7.